The number of hydrogen-bond acceptors (Lipinski definition) is 3. The molecule has 0 spiro atoms. The van der Waals surface area contributed by atoms with Crippen LogP contribution in [0.15, 0.2) is 18.3 Å². The zero-order valence-corrected chi connectivity index (χ0v) is 6.78. The molecule has 60 valence electrons. The molecule has 3 heteroatoms. The van der Waals surface area contributed by atoms with Gasteiger partial charge in [-0.15, -0.1) is 0 Å². The molecule has 1 rings (SSSR count). The van der Waals surface area contributed by atoms with Gasteiger partial charge >= 0.3 is 0 Å². The van der Waals surface area contributed by atoms with Crippen molar-refractivity contribution in [2.45, 2.75) is 13.5 Å². The summed E-state index contributed by atoms with van der Waals surface area (Å²) in [6, 6.07) is 3.88. The highest BCUT2D eigenvalue weighted by atomic mass is 16.5. The first-order valence-corrected chi connectivity index (χ1v) is 3.50. The predicted octanol–water partition coefficient (Wildman–Crippen LogP) is 1.21. The summed E-state index contributed by atoms with van der Waals surface area (Å²) in [5.74, 6) is 0. The maximum atomic E-state index is 8.89. The Bertz CT molecular complexity index is 235. The van der Waals surface area contributed by atoms with Crippen LogP contribution in [0, 0.1) is 6.92 Å². The van der Waals surface area contributed by atoms with Gasteiger partial charge in [0.15, 0.2) is 0 Å². The van der Waals surface area contributed by atoms with E-state index in [1.807, 2.05) is 19.1 Å². The summed E-state index contributed by atoms with van der Waals surface area (Å²) >= 11 is 0. The fraction of sp³-hybridized carbons (Fsp3) is 0.375. The van der Waals surface area contributed by atoms with E-state index < -0.39 is 0 Å². The van der Waals surface area contributed by atoms with E-state index in [1.54, 1.807) is 13.2 Å². The topological polar surface area (TPSA) is 36.4 Å². The zero-order valence-electron chi connectivity index (χ0n) is 6.78. The van der Waals surface area contributed by atoms with Gasteiger partial charge in [-0.05, 0) is 24.6 Å². The van der Waals surface area contributed by atoms with Crippen molar-refractivity contribution in [3.05, 3.63) is 29.6 Å². The molecule has 0 aliphatic rings. The number of aromatic nitrogens is 1. The minimum Gasteiger partial charge on any atom is -0.314 e. The Balaban J connectivity index is 2.71. The summed E-state index contributed by atoms with van der Waals surface area (Å²) in [4.78, 5) is 4.08. The minimum absolute atomic E-state index is 0.474. The number of nitrogens with zero attached hydrogens (tertiary/aromatic N) is 2. The van der Waals surface area contributed by atoms with Gasteiger partial charge in [0.1, 0.15) is 0 Å². The highest BCUT2D eigenvalue weighted by molar-refractivity contribution is 5.13. The SMILES string of the molecule is Cc1ccnc(CN(C)O)c1. The van der Waals surface area contributed by atoms with Crippen LogP contribution in [-0.2, 0) is 6.54 Å². The summed E-state index contributed by atoms with van der Waals surface area (Å²) in [5.41, 5.74) is 2.05. The van der Waals surface area contributed by atoms with E-state index in [-0.39, 0.29) is 0 Å². The smallest absolute Gasteiger partial charge is 0.0658 e. The molecule has 0 fully saturated rings. The molecule has 0 aliphatic carbocycles. The number of hydrogen-bond donors (Lipinski definition) is 1. The van der Waals surface area contributed by atoms with Crippen molar-refractivity contribution in [3.63, 3.8) is 0 Å². The molecule has 11 heavy (non-hydrogen) atoms. The van der Waals surface area contributed by atoms with Gasteiger partial charge in [0, 0.05) is 13.2 Å². The normalized spacial score (nSPS) is 10.5. The van der Waals surface area contributed by atoms with Gasteiger partial charge < -0.3 is 5.21 Å². The number of pyridine rings is 1. The molecule has 1 N–H and O–H groups in total. The second kappa shape index (κ2) is 3.46. The summed E-state index contributed by atoms with van der Waals surface area (Å²) in [6.45, 7) is 2.48. The van der Waals surface area contributed by atoms with Crippen LogP contribution in [0.5, 0.6) is 0 Å². The second-order valence-corrected chi connectivity index (χ2v) is 2.64. The molecule has 0 radical (unpaired) electrons. The summed E-state index contributed by atoms with van der Waals surface area (Å²) in [6.07, 6.45) is 1.74. The molecule has 1 aromatic rings. The van der Waals surface area contributed by atoms with Crippen molar-refractivity contribution in [1.29, 1.82) is 0 Å². The number of rotatable bonds is 2. The Kier molecular flexibility index (Phi) is 2.57. The summed E-state index contributed by atoms with van der Waals surface area (Å²) in [5, 5.41) is 10.0. The molecule has 0 saturated carbocycles. The van der Waals surface area contributed by atoms with Gasteiger partial charge in [-0.25, -0.2) is 0 Å². The average Bonchev–Trinajstić information content (AvgIpc) is 1.85. The van der Waals surface area contributed by atoms with Gasteiger partial charge in [0.2, 0.25) is 0 Å². The standard InChI is InChI=1S/C8H12N2O/c1-7-3-4-9-8(5-7)6-10(2)11/h3-5,11H,6H2,1-2H3. The molecule has 1 aromatic heterocycles. The van der Waals surface area contributed by atoms with Crippen molar-refractivity contribution in [2.24, 2.45) is 0 Å². The van der Waals surface area contributed by atoms with Gasteiger partial charge in [0.25, 0.3) is 0 Å². The van der Waals surface area contributed by atoms with Crippen LogP contribution in [-0.4, -0.2) is 22.3 Å². The molecule has 0 bridgehead atoms. The Morgan fingerprint density at radius 2 is 2.36 bits per heavy atom. The molecule has 0 unspecified atom stereocenters. The molecule has 0 aliphatic heterocycles. The second-order valence-electron chi connectivity index (χ2n) is 2.64. The maximum absolute atomic E-state index is 8.89. The van der Waals surface area contributed by atoms with Crippen molar-refractivity contribution < 1.29 is 5.21 Å². The first kappa shape index (κ1) is 8.17. The van der Waals surface area contributed by atoms with E-state index in [4.69, 9.17) is 5.21 Å². The monoisotopic (exact) mass is 152 g/mol. The fourth-order valence-corrected chi connectivity index (χ4v) is 0.920. The lowest BCUT2D eigenvalue weighted by molar-refractivity contribution is -0.0740. The van der Waals surface area contributed by atoms with Crippen LogP contribution in [0.2, 0.25) is 0 Å². The van der Waals surface area contributed by atoms with Crippen LogP contribution in [0.4, 0.5) is 0 Å². The van der Waals surface area contributed by atoms with E-state index in [9.17, 15) is 0 Å². The Hall–Kier alpha value is -0.930. The highest BCUT2D eigenvalue weighted by Gasteiger charge is 1.96. The largest absolute Gasteiger partial charge is 0.314 e. The zero-order chi connectivity index (χ0) is 8.27. The van der Waals surface area contributed by atoms with Crippen molar-refractivity contribution in [2.75, 3.05) is 7.05 Å². The first-order chi connectivity index (χ1) is 5.18. The van der Waals surface area contributed by atoms with Crippen LogP contribution in [0.3, 0.4) is 0 Å². The molecular formula is C8H12N2O. The van der Waals surface area contributed by atoms with Crippen LogP contribution in [0.25, 0.3) is 0 Å². The third-order valence-electron chi connectivity index (χ3n) is 1.36. The molecule has 3 nitrogen and oxygen atoms in total. The van der Waals surface area contributed by atoms with Crippen LogP contribution >= 0.6 is 0 Å². The predicted molar refractivity (Wildman–Crippen MR) is 42.2 cm³/mol. The molecule has 1 heterocycles. The maximum Gasteiger partial charge on any atom is 0.0658 e. The lowest BCUT2D eigenvalue weighted by atomic mass is 10.2. The lowest BCUT2D eigenvalue weighted by Gasteiger charge is -2.06. The Morgan fingerprint density at radius 3 is 2.91 bits per heavy atom. The molecule has 0 atom stereocenters. The van der Waals surface area contributed by atoms with E-state index in [0.717, 1.165) is 16.3 Å². The van der Waals surface area contributed by atoms with Crippen LogP contribution < -0.4 is 0 Å². The van der Waals surface area contributed by atoms with E-state index in [0.29, 0.717) is 6.54 Å². The van der Waals surface area contributed by atoms with Crippen molar-refractivity contribution in [3.8, 4) is 0 Å². The summed E-state index contributed by atoms with van der Waals surface area (Å²) < 4.78 is 0. The Labute approximate surface area is 66.3 Å². The number of hydroxylamine groups is 2. The van der Waals surface area contributed by atoms with E-state index >= 15 is 0 Å². The Morgan fingerprint density at radius 1 is 1.64 bits per heavy atom. The summed E-state index contributed by atoms with van der Waals surface area (Å²) in [7, 11) is 1.60. The number of aryl methyl sites for hydroxylation is 1. The van der Waals surface area contributed by atoms with E-state index in [2.05, 4.69) is 4.98 Å². The van der Waals surface area contributed by atoms with Gasteiger partial charge in [-0.3, -0.25) is 4.98 Å². The van der Waals surface area contributed by atoms with E-state index in [1.165, 1.54) is 0 Å². The minimum atomic E-state index is 0.474. The molecular weight excluding hydrogens is 140 g/mol. The molecule has 0 amide bonds. The first-order valence-electron chi connectivity index (χ1n) is 3.50. The highest BCUT2D eigenvalue weighted by Crippen LogP contribution is 2.00. The third kappa shape index (κ3) is 2.65. The lowest BCUT2D eigenvalue weighted by Crippen LogP contribution is -2.12. The van der Waals surface area contributed by atoms with Crippen LogP contribution in [0.1, 0.15) is 11.3 Å². The van der Waals surface area contributed by atoms with Gasteiger partial charge in [-0.2, -0.15) is 5.06 Å². The average molecular weight is 152 g/mol. The fourth-order valence-electron chi connectivity index (χ4n) is 0.920. The van der Waals surface area contributed by atoms with Crippen molar-refractivity contribution in [1.82, 2.24) is 10.0 Å². The third-order valence-corrected chi connectivity index (χ3v) is 1.36. The molecule has 0 aromatic carbocycles. The van der Waals surface area contributed by atoms with Crippen molar-refractivity contribution >= 4 is 0 Å². The van der Waals surface area contributed by atoms with Gasteiger partial charge in [0.05, 0.1) is 12.2 Å². The quantitative estimate of drug-likeness (QED) is 0.647. The van der Waals surface area contributed by atoms with Gasteiger partial charge in [-0.1, -0.05) is 0 Å². The molecule has 0 saturated heterocycles.